The van der Waals surface area contributed by atoms with E-state index in [2.05, 4.69) is 5.32 Å². The minimum atomic E-state index is -1.00. The summed E-state index contributed by atoms with van der Waals surface area (Å²) in [5.74, 6) is -1.19. The number of hydrogen-bond acceptors (Lipinski definition) is 3. The number of amides is 1. The lowest BCUT2D eigenvalue weighted by Gasteiger charge is -2.15. The van der Waals surface area contributed by atoms with Gasteiger partial charge < -0.3 is 15.2 Å². The second-order valence-corrected chi connectivity index (χ2v) is 5.21. The first-order valence-corrected chi connectivity index (χ1v) is 6.91. The highest BCUT2D eigenvalue weighted by atomic mass is 16.5. The molecule has 5 heteroatoms. The number of nitrogens with one attached hydrogen (secondary N) is 1. The third-order valence-corrected chi connectivity index (χ3v) is 3.65. The van der Waals surface area contributed by atoms with Crippen molar-refractivity contribution in [2.75, 3.05) is 11.9 Å². The van der Waals surface area contributed by atoms with Gasteiger partial charge >= 0.3 is 5.97 Å². The molecule has 1 aromatic rings. The van der Waals surface area contributed by atoms with Gasteiger partial charge in [-0.05, 0) is 43.5 Å². The number of benzene rings is 1. The fourth-order valence-electron chi connectivity index (χ4n) is 2.35. The van der Waals surface area contributed by atoms with Crippen LogP contribution in [-0.4, -0.2) is 29.7 Å². The summed E-state index contributed by atoms with van der Waals surface area (Å²) in [5.41, 5.74) is 2.36. The van der Waals surface area contributed by atoms with E-state index in [-0.39, 0.29) is 17.9 Å². The Morgan fingerprint density at radius 2 is 2.19 bits per heavy atom. The molecular weight excluding hydrogens is 270 g/mol. The van der Waals surface area contributed by atoms with Gasteiger partial charge in [-0.15, -0.1) is 0 Å². The zero-order chi connectivity index (χ0) is 15.4. The average molecular weight is 289 g/mol. The first-order valence-electron chi connectivity index (χ1n) is 6.91. The second kappa shape index (κ2) is 6.54. The van der Waals surface area contributed by atoms with E-state index in [1.165, 1.54) is 6.08 Å². The topological polar surface area (TPSA) is 75.6 Å². The number of aliphatic carboxylic acids is 1. The highest BCUT2D eigenvalue weighted by Gasteiger charge is 2.30. The van der Waals surface area contributed by atoms with Gasteiger partial charge in [0.15, 0.2) is 0 Å². The van der Waals surface area contributed by atoms with Gasteiger partial charge in [-0.3, -0.25) is 4.79 Å². The van der Waals surface area contributed by atoms with E-state index in [1.807, 2.05) is 26.0 Å². The first kappa shape index (κ1) is 15.3. The lowest BCUT2D eigenvalue weighted by Crippen LogP contribution is -2.28. The molecule has 112 valence electrons. The maximum atomic E-state index is 12.3. The molecule has 1 aromatic carbocycles. The summed E-state index contributed by atoms with van der Waals surface area (Å²) in [5, 5.41) is 11.6. The van der Waals surface area contributed by atoms with Gasteiger partial charge in [-0.25, -0.2) is 4.79 Å². The predicted octanol–water partition coefficient (Wildman–Crippen LogP) is 2.46. The number of carboxylic acid groups (broad SMARTS) is 1. The number of anilines is 1. The molecule has 5 nitrogen and oxygen atoms in total. The molecular formula is C16H19NO4. The molecule has 0 bridgehead atoms. The van der Waals surface area contributed by atoms with Crippen LogP contribution in [0.4, 0.5) is 5.69 Å². The molecule has 0 spiro atoms. The molecule has 2 N–H and O–H groups in total. The van der Waals surface area contributed by atoms with E-state index < -0.39 is 5.97 Å². The molecule has 0 aromatic heterocycles. The Morgan fingerprint density at radius 1 is 1.43 bits per heavy atom. The Morgan fingerprint density at radius 3 is 2.81 bits per heavy atom. The second-order valence-electron chi connectivity index (χ2n) is 5.21. The molecule has 2 rings (SSSR count). The van der Waals surface area contributed by atoms with E-state index in [4.69, 9.17) is 9.84 Å². The van der Waals surface area contributed by atoms with Crippen molar-refractivity contribution in [3.05, 3.63) is 35.4 Å². The van der Waals surface area contributed by atoms with E-state index in [0.717, 1.165) is 23.6 Å². The Balaban J connectivity index is 2.13. The Labute approximate surface area is 123 Å². The van der Waals surface area contributed by atoms with Crippen molar-refractivity contribution in [2.45, 2.75) is 26.4 Å². The minimum absolute atomic E-state index is 0.0533. The Bertz CT molecular complexity index is 580. The van der Waals surface area contributed by atoms with Crippen LogP contribution in [0.15, 0.2) is 24.3 Å². The van der Waals surface area contributed by atoms with Gasteiger partial charge in [0.2, 0.25) is 5.91 Å². The number of ether oxygens (including phenoxy) is 1. The van der Waals surface area contributed by atoms with Crippen LogP contribution in [0.1, 0.15) is 24.5 Å². The van der Waals surface area contributed by atoms with Gasteiger partial charge in [-0.2, -0.15) is 0 Å². The molecule has 0 radical (unpaired) electrons. The summed E-state index contributed by atoms with van der Waals surface area (Å²) in [4.78, 5) is 22.8. The molecule has 21 heavy (non-hydrogen) atoms. The number of hydrogen-bond donors (Lipinski definition) is 2. The molecule has 0 saturated carbocycles. The van der Waals surface area contributed by atoms with Gasteiger partial charge in [0.05, 0.1) is 12.0 Å². The quantitative estimate of drug-likeness (QED) is 0.835. The fraction of sp³-hybridized carbons (Fsp3) is 0.375. The first-order chi connectivity index (χ1) is 9.97. The molecule has 1 aliphatic rings. The van der Waals surface area contributed by atoms with Crippen LogP contribution in [0, 0.1) is 12.8 Å². The highest BCUT2D eigenvalue weighted by Crippen LogP contribution is 2.24. The van der Waals surface area contributed by atoms with Crippen LogP contribution in [0.5, 0.6) is 0 Å². The Kier molecular flexibility index (Phi) is 4.75. The van der Waals surface area contributed by atoms with Crippen molar-refractivity contribution in [2.24, 2.45) is 5.92 Å². The predicted molar refractivity (Wildman–Crippen MR) is 80.0 cm³/mol. The zero-order valence-corrected chi connectivity index (χ0v) is 12.1. The van der Waals surface area contributed by atoms with Crippen LogP contribution in [0.3, 0.4) is 0 Å². The normalized spacial score (nSPS) is 21.6. The third-order valence-electron chi connectivity index (χ3n) is 3.65. The van der Waals surface area contributed by atoms with Crippen LogP contribution in [-0.2, 0) is 14.3 Å². The van der Waals surface area contributed by atoms with Crippen molar-refractivity contribution >= 4 is 23.6 Å². The average Bonchev–Trinajstić information content (AvgIpc) is 2.86. The monoisotopic (exact) mass is 289 g/mol. The van der Waals surface area contributed by atoms with E-state index in [0.29, 0.717) is 12.3 Å². The van der Waals surface area contributed by atoms with Crippen LogP contribution < -0.4 is 5.32 Å². The molecule has 2 atom stereocenters. The van der Waals surface area contributed by atoms with Gasteiger partial charge in [-0.1, -0.05) is 12.1 Å². The standard InChI is InChI=1S/C16H19NO4/c1-10-3-4-12(5-6-15(18)19)9-14(10)17-16(20)13-7-8-21-11(13)2/h3-6,9,11,13H,7-8H2,1-2H3,(H,17,20)(H,18,19). The van der Waals surface area contributed by atoms with Gasteiger partial charge in [0.25, 0.3) is 0 Å². The number of rotatable bonds is 4. The third kappa shape index (κ3) is 3.92. The molecule has 1 fully saturated rings. The SMILES string of the molecule is Cc1ccc(C=CC(=O)O)cc1NC(=O)C1CCOC1C. The summed E-state index contributed by atoms with van der Waals surface area (Å²) in [6.07, 6.45) is 3.23. The van der Waals surface area contributed by atoms with Crippen LogP contribution >= 0.6 is 0 Å². The lowest BCUT2D eigenvalue weighted by atomic mass is 10.0. The van der Waals surface area contributed by atoms with E-state index in [1.54, 1.807) is 6.07 Å². The number of carbonyl (C=O) groups excluding carboxylic acids is 1. The molecule has 1 amide bonds. The highest BCUT2D eigenvalue weighted by molar-refractivity contribution is 5.94. The number of carbonyl (C=O) groups is 2. The van der Waals surface area contributed by atoms with Crippen LogP contribution in [0.2, 0.25) is 0 Å². The van der Waals surface area contributed by atoms with Crippen LogP contribution in [0.25, 0.3) is 6.08 Å². The zero-order valence-electron chi connectivity index (χ0n) is 12.1. The van der Waals surface area contributed by atoms with E-state index in [9.17, 15) is 9.59 Å². The molecule has 1 heterocycles. The maximum Gasteiger partial charge on any atom is 0.328 e. The maximum absolute atomic E-state index is 12.3. The largest absolute Gasteiger partial charge is 0.478 e. The fourth-order valence-corrected chi connectivity index (χ4v) is 2.35. The smallest absolute Gasteiger partial charge is 0.328 e. The molecule has 1 aliphatic heterocycles. The molecule has 1 saturated heterocycles. The minimum Gasteiger partial charge on any atom is -0.478 e. The van der Waals surface area contributed by atoms with Crippen molar-refractivity contribution in [1.82, 2.24) is 0 Å². The Hall–Kier alpha value is -2.14. The summed E-state index contributed by atoms with van der Waals surface area (Å²) in [6, 6.07) is 5.44. The number of carboxylic acids is 1. The van der Waals surface area contributed by atoms with Crippen molar-refractivity contribution in [3.8, 4) is 0 Å². The van der Waals surface area contributed by atoms with Crippen molar-refractivity contribution < 1.29 is 19.4 Å². The molecule has 0 aliphatic carbocycles. The van der Waals surface area contributed by atoms with Crippen molar-refractivity contribution in [3.63, 3.8) is 0 Å². The summed E-state index contributed by atoms with van der Waals surface area (Å²) >= 11 is 0. The lowest BCUT2D eigenvalue weighted by molar-refractivity contribution is -0.131. The van der Waals surface area contributed by atoms with Crippen molar-refractivity contribution in [1.29, 1.82) is 0 Å². The van der Waals surface area contributed by atoms with Gasteiger partial charge in [0, 0.05) is 18.4 Å². The van der Waals surface area contributed by atoms with E-state index >= 15 is 0 Å². The summed E-state index contributed by atoms with van der Waals surface area (Å²) in [7, 11) is 0. The van der Waals surface area contributed by atoms with Gasteiger partial charge in [0.1, 0.15) is 0 Å². The summed E-state index contributed by atoms with van der Waals surface area (Å²) in [6.45, 7) is 4.41. The molecule has 2 unspecified atom stereocenters. The number of aryl methyl sites for hydroxylation is 1. The summed E-state index contributed by atoms with van der Waals surface area (Å²) < 4.78 is 5.41.